The summed E-state index contributed by atoms with van der Waals surface area (Å²) in [5.74, 6) is 0.473. The number of hydrogen-bond donors (Lipinski definition) is 1. The Hall–Kier alpha value is -2.08. The van der Waals surface area contributed by atoms with Crippen LogP contribution in [0.25, 0.3) is 11.3 Å². The Balaban J connectivity index is 1.81. The van der Waals surface area contributed by atoms with Gasteiger partial charge in [0.15, 0.2) is 5.13 Å². The van der Waals surface area contributed by atoms with Crippen molar-refractivity contribution in [1.82, 2.24) is 4.98 Å². The van der Waals surface area contributed by atoms with E-state index in [2.05, 4.69) is 10.3 Å². The summed E-state index contributed by atoms with van der Waals surface area (Å²) in [5.41, 5.74) is 2.16. The highest BCUT2D eigenvalue weighted by molar-refractivity contribution is 7.16. The van der Waals surface area contributed by atoms with Gasteiger partial charge >= 0.3 is 0 Å². The molecule has 4 nitrogen and oxygen atoms in total. The molecule has 0 radical (unpaired) electrons. The van der Waals surface area contributed by atoms with Gasteiger partial charge in [0, 0.05) is 16.0 Å². The van der Waals surface area contributed by atoms with E-state index in [1.165, 1.54) is 11.3 Å². The van der Waals surface area contributed by atoms with Crippen LogP contribution in [0.5, 0.6) is 5.75 Å². The highest BCUT2D eigenvalue weighted by Crippen LogP contribution is 2.34. The molecule has 1 aromatic heterocycles. The molecular weight excluding hydrogens is 379 g/mol. The molecule has 0 aliphatic heterocycles. The molecule has 1 amide bonds. The maximum atomic E-state index is 12.3. The second-order valence-corrected chi connectivity index (χ2v) is 7.25. The van der Waals surface area contributed by atoms with E-state index in [9.17, 15) is 4.79 Å². The van der Waals surface area contributed by atoms with Crippen LogP contribution >= 0.6 is 34.5 Å². The van der Waals surface area contributed by atoms with Crippen LogP contribution in [0, 0.1) is 6.92 Å². The van der Waals surface area contributed by atoms with Gasteiger partial charge in [-0.05, 0) is 43.3 Å². The summed E-state index contributed by atoms with van der Waals surface area (Å²) in [5, 5.41) is 4.31. The monoisotopic (exact) mass is 392 g/mol. The van der Waals surface area contributed by atoms with Gasteiger partial charge in [0.05, 0.1) is 22.8 Å². The van der Waals surface area contributed by atoms with Crippen LogP contribution in [0.3, 0.4) is 0 Å². The number of nitrogens with zero attached hydrogens (tertiary/aromatic N) is 1. The zero-order chi connectivity index (χ0) is 18.0. The van der Waals surface area contributed by atoms with Crippen LogP contribution in [-0.2, 0) is 0 Å². The van der Waals surface area contributed by atoms with Gasteiger partial charge in [-0.15, -0.1) is 11.3 Å². The minimum absolute atomic E-state index is 0.225. The van der Waals surface area contributed by atoms with Gasteiger partial charge in [-0.3, -0.25) is 10.1 Å². The van der Waals surface area contributed by atoms with Crippen molar-refractivity contribution in [3.8, 4) is 17.0 Å². The van der Waals surface area contributed by atoms with Crippen molar-refractivity contribution in [2.75, 3.05) is 12.4 Å². The van der Waals surface area contributed by atoms with E-state index in [1.54, 1.807) is 43.5 Å². The second-order valence-electron chi connectivity index (χ2n) is 5.24. The Kier molecular flexibility index (Phi) is 5.27. The third-order valence-corrected chi connectivity index (χ3v) is 5.19. The summed E-state index contributed by atoms with van der Waals surface area (Å²) in [4.78, 5) is 17.8. The van der Waals surface area contributed by atoms with Gasteiger partial charge in [-0.2, -0.15) is 0 Å². The number of amides is 1. The van der Waals surface area contributed by atoms with E-state index < -0.39 is 0 Å². The third kappa shape index (κ3) is 3.95. The molecule has 0 unspecified atom stereocenters. The number of rotatable bonds is 4. The second kappa shape index (κ2) is 7.44. The number of anilines is 1. The number of hydrogen-bond acceptors (Lipinski definition) is 4. The number of aromatic nitrogens is 1. The predicted octanol–water partition coefficient (Wildman–Crippen LogP) is 5.69. The van der Waals surface area contributed by atoms with Crippen molar-refractivity contribution < 1.29 is 9.53 Å². The van der Waals surface area contributed by atoms with Crippen LogP contribution in [0.1, 0.15) is 15.2 Å². The van der Waals surface area contributed by atoms with Gasteiger partial charge in [-0.1, -0.05) is 29.3 Å². The van der Waals surface area contributed by atoms with Crippen LogP contribution < -0.4 is 10.1 Å². The largest absolute Gasteiger partial charge is 0.497 e. The number of nitrogens with one attached hydrogen (secondary N) is 1. The molecular formula is C18H14Cl2N2O2S. The van der Waals surface area contributed by atoms with Gasteiger partial charge in [-0.25, -0.2) is 4.98 Å². The number of halogens is 2. The number of carbonyl (C=O) groups excluding carboxylic acids is 1. The molecule has 0 bridgehead atoms. The first-order valence-electron chi connectivity index (χ1n) is 7.36. The van der Waals surface area contributed by atoms with E-state index >= 15 is 0 Å². The summed E-state index contributed by atoms with van der Waals surface area (Å²) >= 11 is 13.4. The van der Waals surface area contributed by atoms with Gasteiger partial charge in [0.2, 0.25) is 0 Å². The van der Waals surface area contributed by atoms with Crippen molar-refractivity contribution in [3.05, 3.63) is 63.0 Å². The zero-order valence-electron chi connectivity index (χ0n) is 13.5. The Bertz CT molecular complexity index is 923. The molecule has 0 atom stereocenters. The topological polar surface area (TPSA) is 51.2 Å². The number of methoxy groups -OCH3 is 1. The molecule has 25 heavy (non-hydrogen) atoms. The van der Waals surface area contributed by atoms with E-state index in [-0.39, 0.29) is 5.91 Å². The van der Waals surface area contributed by atoms with Crippen molar-refractivity contribution in [3.63, 3.8) is 0 Å². The molecule has 2 aromatic carbocycles. The SMILES string of the molecule is COc1ccc(C(=O)Nc2nc(-c3ccc(Cl)c(Cl)c3)c(C)s2)cc1. The number of carbonyl (C=O) groups is 1. The van der Waals surface area contributed by atoms with E-state index in [0.29, 0.717) is 26.5 Å². The average Bonchev–Trinajstić information content (AvgIpc) is 2.97. The Morgan fingerprint density at radius 3 is 2.48 bits per heavy atom. The van der Waals surface area contributed by atoms with Crippen molar-refractivity contribution in [1.29, 1.82) is 0 Å². The van der Waals surface area contributed by atoms with Crippen LogP contribution in [0.4, 0.5) is 5.13 Å². The van der Waals surface area contributed by atoms with Crippen LogP contribution in [-0.4, -0.2) is 18.0 Å². The fraction of sp³-hybridized carbons (Fsp3) is 0.111. The Morgan fingerprint density at radius 2 is 1.84 bits per heavy atom. The van der Waals surface area contributed by atoms with Gasteiger partial charge in [0.1, 0.15) is 5.75 Å². The number of aryl methyl sites for hydroxylation is 1. The average molecular weight is 393 g/mol. The number of benzene rings is 2. The fourth-order valence-electron chi connectivity index (χ4n) is 2.27. The minimum Gasteiger partial charge on any atom is -0.497 e. The van der Waals surface area contributed by atoms with Gasteiger partial charge < -0.3 is 4.74 Å². The first-order valence-corrected chi connectivity index (χ1v) is 8.93. The summed E-state index contributed by atoms with van der Waals surface area (Å²) < 4.78 is 5.09. The molecule has 0 fully saturated rings. The summed E-state index contributed by atoms with van der Waals surface area (Å²) in [6.45, 7) is 1.94. The van der Waals surface area contributed by atoms with Crippen LogP contribution in [0.15, 0.2) is 42.5 Å². The summed E-state index contributed by atoms with van der Waals surface area (Å²) in [6.07, 6.45) is 0. The zero-order valence-corrected chi connectivity index (χ0v) is 15.8. The first-order chi connectivity index (χ1) is 12.0. The Morgan fingerprint density at radius 1 is 1.12 bits per heavy atom. The van der Waals surface area contributed by atoms with Crippen molar-refractivity contribution in [2.45, 2.75) is 6.92 Å². The van der Waals surface area contributed by atoms with Crippen LogP contribution in [0.2, 0.25) is 10.0 Å². The summed E-state index contributed by atoms with van der Waals surface area (Å²) in [7, 11) is 1.58. The van der Waals surface area contributed by atoms with Crippen molar-refractivity contribution >= 4 is 45.6 Å². The molecule has 3 rings (SSSR count). The fourth-order valence-corrected chi connectivity index (χ4v) is 3.40. The van der Waals surface area contributed by atoms with E-state index in [1.807, 2.05) is 13.0 Å². The number of ether oxygens (including phenoxy) is 1. The minimum atomic E-state index is -0.225. The maximum absolute atomic E-state index is 12.3. The Labute approximate surface area is 159 Å². The molecule has 1 N–H and O–H groups in total. The maximum Gasteiger partial charge on any atom is 0.257 e. The van der Waals surface area contributed by atoms with E-state index in [4.69, 9.17) is 27.9 Å². The normalized spacial score (nSPS) is 10.6. The molecule has 0 saturated carbocycles. The molecule has 128 valence electrons. The standard InChI is InChI=1S/C18H14Cl2N2O2S/c1-10-16(12-5-8-14(19)15(20)9-12)21-18(25-10)22-17(23)11-3-6-13(24-2)7-4-11/h3-9H,1-2H3,(H,21,22,23). The molecule has 1 heterocycles. The van der Waals surface area contributed by atoms with Gasteiger partial charge in [0.25, 0.3) is 5.91 Å². The first kappa shape index (κ1) is 17.7. The highest BCUT2D eigenvalue weighted by Gasteiger charge is 2.14. The van der Waals surface area contributed by atoms with Crippen molar-refractivity contribution in [2.24, 2.45) is 0 Å². The molecule has 0 saturated heterocycles. The molecule has 0 aliphatic rings. The molecule has 0 spiro atoms. The quantitative estimate of drug-likeness (QED) is 0.620. The highest BCUT2D eigenvalue weighted by atomic mass is 35.5. The smallest absolute Gasteiger partial charge is 0.257 e. The molecule has 0 aliphatic carbocycles. The summed E-state index contributed by atoms with van der Waals surface area (Å²) in [6, 6.07) is 12.2. The predicted molar refractivity (Wildman–Crippen MR) is 103 cm³/mol. The molecule has 7 heteroatoms. The van der Waals surface area contributed by atoms with E-state index in [0.717, 1.165) is 16.1 Å². The molecule has 3 aromatic rings. The third-order valence-electron chi connectivity index (χ3n) is 3.56. The lowest BCUT2D eigenvalue weighted by Crippen LogP contribution is -2.11. The lowest BCUT2D eigenvalue weighted by atomic mass is 10.1. The lowest BCUT2D eigenvalue weighted by Gasteiger charge is -2.03. The number of thiazole rings is 1. The lowest BCUT2D eigenvalue weighted by molar-refractivity contribution is 0.102.